The van der Waals surface area contributed by atoms with E-state index >= 15 is 0 Å². The molecule has 25 heavy (non-hydrogen) atoms. The van der Waals surface area contributed by atoms with Crippen molar-refractivity contribution < 1.29 is 9.53 Å². The molecule has 7 heteroatoms. The van der Waals surface area contributed by atoms with Gasteiger partial charge in [-0.3, -0.25) is 4.79 Å². The molecule has 2 aromatic heterocycles. The zero-order valence-corrected chi connectivity index (χ0v) is 14.6. The molecule has 1 N–H and O–H groups in total. The molecule has 0 saturated carbocycles. The van der Waals surface area contributed by atoms with E-state index in [1.165, 1.54) is 0 Å². The molecule has 7 nitrogen and oxygen atoms in total. The standard InChI is InChI=1S/C18H21N5O2/c1-18(2,3)17(24)19-11-12-25-15-10-9-14-20-21-16(23(14)22-15)13-7-5-4-6-8-13/h4-10H,11-12H2,1-3H3,(H,19,24). The molecule has 3 aromatic rings. The largest absolute Gasteiger partial charge is 0.475 e. The number of carbonyl (C=O) groups is 1. The van der Waals surface area contributed by atoms with Crippen LogP contribution in [0.5, 0.6) is 5.88 Å². The number of nitrogens with one attached hydrogen (secondary N) is 1. The first-order chi connectivity index (χ1) is 11.9. The number of benzene rings is 1. The predicted molar refractivity (Wildman–Crippen MR) is 94.2 cm³/mol. The van der Waals surface area contributed by atoms with Gasteiger partial charge < -0.3 is 10.1 Å². The van der Waals surface area contributed by atoms with E-state index in [0.29, 0.717) is 30.5 Å². The molecule has 0 aliphatic rings. The van der Waals surface area contributed by atoms with Crippen molar-refractivity contribution in [3.05, 3.63) is 42.5 Å². The van der Waals surface area contributed by atoms with Gasteiger partial charge in [-0.05, 0) is 6.07 Å². The van der Waals surface area contributed by atoms with Crippen LogP contribution < -0.4 is 10.1 Å². The Labute approximate surface area is 146 Å². The molecule has 1 aromatic carbocycles. The number of hydrogen-bond acceptors (Lipinski definition) is 5. The zero-order chi connectivity index (χ0) is 17.9. The van der Waals surface area contributed by atoms with Crippen molar-refractivity contribution >= 4 is 11.6 Å². The molecule has 0 radical (unpaired) electrons. The van der Waals surface area contributed by atoms with Crippen molar-refractivity contribution in [2.75, 3.05) is 13.2 Å². The fourth-order valence-corrected chi connectivity index (χ4v) is 2.20. The van der Waals surface area contributed by atoms with E-state index in [9.17, 15) is 4.79 Å². The van der Waals surface area contributed by atoms with Gasteiger partial charge in [0.05, 0.1) is 6.54 Å². The Kier molecular flexibility index (Phi) is 4.65. The first-order valence-corrected chi connectivity index (χ1v) is 8.14. The lowest BCUT2D eigenvalue weighted by Crippen LogP contribution is -2.37. The van der Waals surface area contributed by atoms with E-state index < -0.39 is 5.41 Å². The average molecular weight is 339 g/mol. The van der Waals surface area contributed by atoms with Crippen LogP contribution in [0.4, 0.5) is 0 Å². The van der Waals surface area contributed by atoms with Crippen LogP contribution in [-0.2, 0) is 4.79 Å². The molecule has 0 saturated heterocycles. The van der Waals surface area contributed by atoms with Crippen molar-refractivity contribution in [1.29, 1.82) is 0 Å². The third kappa shape index (κ3) is 3.93. The lowest BCUT2D eigenvalue weighted by atomic mass is 9.96. The van der Waals surface area contributed by atoms with Gasteiger partial charge in [-0.15, -0.1) is 15.3 Å². The quantitative estimate of drug-likeness (QED) is 0.722. The molecule has 0 spiro atoms. The summed E-state index contributed by atoms with van der Waals surface area (Å²) in [5, 5.41) is 15.6. The smallest absolute Gasteiger partial charge is 0.231 e. The number of carbonyl (C=O) groups excluding carboxylic acids is 1. The van der Waals surface area contributed by atoms with Gasteiger partial charge in [-0.25, -0.2) is 0 Å². The Bertz CT molecular complexity index is 868. The average Bonchev–Trinajstić information content (AvgIpc) is 3.01. The Morgan fingerprint density at radius 1 is 1.12 bits per heavy atom. The molecule has 1 amide bonds. The van der Waals surface area contributed by atoms with E-state index in [2.05, 4.69) is 20.6 Å². The minimum absolute atomic E-state index is 0.00955. The molecule has 0 aliphatic heterocycles. The van der Waals surface area contributed by atoms with E-state index in [1.54, 1.807) is 16.6 Å². The topological polar surface area (TPSA) is 81.4 Å². The van der Waals surface area contributed by atoms with Crippen molar-refractivity contribution in [3.63, 3.8) is 0 Å². The Morgan fingerprint density at radius 3 is 2.60 bits per heavy atom. The molecule has 0 atom stereocenters. The Balaban J connectivity index is 1.68. The number of hydrogen-bond donors (Lipinski definition) is 1. The zero-order valence-electron chi connectivity index (χ0n) is 14.6. The van der Waals surface area contributed by atoms with E-state index in [0.717, 1.165) is 5.56 Å². The van der Waals surface area contributed by atoms with E-state index in [4.69, 9.17) is 4.74 Å². The van der Waals surface area contributed by atoms with E-state index in [1.807, 2.05) is 51.1 Å². The summed E-state index contributed by atoms with van der Waals surface area (Å²) in [4.78, 5) is 11.8. The minimum atomic E-state index is -0.412. The van der Waals surface area contributed by atoms with Crippen molar-refractivity contribution in [1.82, 2.24) is 25.1 Å². The first-order valence-electron chi connectivity index (χ1n) is 8.14. The number of fused-ring (bicyclic) bond motifs is 1. The number of amides is 1. The molecule has 0 aliphatic carbocycles. The van der Waals surface area contributed by atoms with Crippen molar-refractivity contribution in [2.45, 2.75) is 20.8 Å². The summed E-state index contributed by atoms with van der Waals surface area (Å²) in [7, 11) is 0. The number of ether oxygens (including phenoxy) is 1. The lowest BCUT2D eigenvalue weighted by Gasteiger charge is -2.17. The van der Waals surface area contributed by atoms with Gasteiger partial charge in [0, 0.05) is 17.0 Å². The minimum Gasteiger partial charge on any atom is -0.475 e. The van der Waals surface area contributed by atoms with Crippen LogP contribution >= 0.6 is 0 Å². The number of rotatable bonds is 5. The van der Waals surface area contributed by atoms with Crippen molar-refractivity contribution in [3.8, 4) is 17.3 Å². The maximum atomic E-state index is 11.8. The highest BCUT2D eigenvalue weighted by Gasteiger charge is 2.20. The van der Waals surface area contributed by atoms with Crippen LogP contribution in [0.3, 0.4) is 0 Å². The highest BCUT2D eigenvalue weighted by Crippen LogP contribution is 2.18. The molecular formula is C18H21N5O2. The molecule has 3 rings (SSSR count). The van der Waals surface area contributed by atoms with Crippen LogP contribution in [0.15, 0.2) is 42.5 Å². The summed E-state index contributed by atoms with van der Waals surface area (Å²) in [6.07, 6.45) is 0. The summed E-state index contributed by atoms with van der Waals surface area (Å²) in [6.45, 7) is 6.37. The monoisotopic (exact) mass is 339 g/mol. The maximum Gasteiger partial charge on any atom is 0.231 e. The lowest BCUT2D eigenvalue weighted by molar-refractivity contribution is -0.128. The Hall–Kier alpha value is -2.96. The number of nitrogens with zero attached hydrogens (tertiary/aromatic N) is 4. The second-order valence-corrected chi connectivity index (χ2v) is 6.69. The van der Waals surface area contributed by atoms with Crippen molar-refractivity contribution in [2.24, 2.45) is 5.41 Å². The highest BCUT2D eigenvalue weighted by molar-refractivity contribution is 5.81. The van der Waals surface area contributed by atoms with Gasteiger partial charge in [0.2, 0.25) is 11.8 Å². The van der Waals surface area contributed by atoms with Gasteiger partial charge in [0.25, 0.3) is 0 Å². The highest BCUT2D eigenvalue weighted by atomic mass is 16.5. The van der Waals surface area contributed by atoms with Crippen LogP contribution in [0.1, 0.15) is 20.8 Å². The Morgan fingerprint density at radius 2 is 1.88 bits per heavy atom. The predicted octanol–water partition coefficient (Wildman–Crippen LogP) is 2.33. The summed E-state index contributed by atoms with van der Waals surface area (Å²) in [6, 6.07) is 13.3. The summed E-state index contributed by atoms with van der Waals surface area (Å²) in [5.41, 5.74) is 1.16. The molecule has 130 valence electrons. The SMILES string of the molecule is CC(C)(C)C(=O)NCCOc1ccc2nnc(-c3ccccc3)n2n1. The van der Waals surface area contributed by atoms with Crippen LogP contribution in [0.25, 0.3) is 17.0 Å². The van der Waals surface area contributed by atoms with Crippen LogP contribution in [0, 0.1) is 5.41 Å². The van der Waals surface area contributed by atoms with Gasteiger partial charge in [0.1, 0.15) is 6.61 Å². The normalized spacial score (nSPS) is 11.5. The summed E-state index contributed by atoms with van der Waals surface area (Å²) >= 11 is 0. The fourth-order valence-electron chi connectivity index (χ4n) is 2.20. The van der Waals surface area contributed by atoms with E-state index in [-0.39, 0.29) is 5.91 Å². The second kappa shape index (κ2) is 6.88. The molecule has 0 unspecified atom stereocenters. The third-order valence-electron chi connectivity index (χ3n) is 3.59. The van der Waals surface area contributed by atoms with Gasteiger partial charge >= 0.3 is 0 Å². The maximum absolute atomic E-state index is 11.8. The van der Waals surface area contributed by atoms with Crippen LogP contribution in [0.2, 0.25) is 0 Å². The summed E-state index contributed by atoms with van der Waals surface area (Å²) in [5.74, 6) is 1.10. The first kappa shape index (κ1) is 16.9. The molecular weight excluding hydrogens is 318 g/mol. The van der Waals surface area contributed by atoms with Gasteiger partial charge in [-0.2, -0.15) is 4.52 Å². The molecule has 0 fully saturated rings. The van der Waals surface area contributed by atoms with Gasteiger partial charge in [-0.1, -0.05) is 51.1 Å². The third-order valence-corrected chi connectivity index (χ3v) is 3.59. The van der Waals surface area contributed by atoms with Crippen LogP contribution in [-0.4, -0.2) is 38.9 Å². The van der Waals surface area contributed by atoms with Gasteiger partial charge in [0.15, 0.2) is 11.5 Å². The number of aromatic nitrogens is 4. The molecule has 2 heterocycles. The summed E-state index contributed by atoms with van der Waals surface area (Å²) < 4.78 is 7.29. The molecule has 0 bridgehead atoms. The second-order valence-electron chi connectivity index (χ2n) is 6.69. The fraction of sp³-hybridized carbons (Fsp3) is 0.333.